The zero-order valence-corrected chi connectivity index (χ0v) is 13.6. The van der Waals surface area contributed by atoms with Crippen LogP contribution in [0, 0.1) is 11.3 Å². The van der Waals surface area contributed by atoms with Crippen LogP contribution in [0.5, 0.6) is 5.75 Å². The van der Waals surface area contributed by atoms with Crippen molar-refractivity contribution in [3.05, 3.63) is 62.6 Å². The van der Waals surface area contributed by atoms with E-state index in [4.69, 9.17) is 21.6 Å². The van der Waals surface area contributed by atoms with Crippen LogP contribution >= 0.6 is 27.5 Å². The van der Waals surface area contributed by atoms with Crippen LogP contribution in [-0.2, 0) is 6.61 Å². The number of aliphatic hydroxyl groups excluding tert-OH is 1. The first-order chi connectivity index (χ1) is 10.0. The molecule has 2 aromatic rings. The highest BCUT2D eigenvalue weighted by Gasteiger charge is 2.11. The van der Waals surface area contributed by atoms with E-state index in [0.29, 0.717) is 21.9 Å². The Morgan fingerprint density at radius 1 is 1.33 bits per heavy atom. The lowest BCUT2D eigenvalue weighted by atomic mass is 10.1. The summed E-state index contributed by atoms with van der Waals surface area (Å²) in [7, 11) is 0. The van der Waals surface area contributed by atoms with Crippen molar-refractivity contribution in [3.63, 3.8) is 0 Å². The molecule has 108 valence electrons. The molecule has 5 heteroatoms. The summed E-state index contributed by atoms with van der Waals surface area (Å²) in [5.41, 5.74) is 2.01. The summed E-state index contributed by atoms with van der Waals surface area (Å²) < 4.78 is 6.63. The summed E-state index contributed by atoms with van der Waals surface area (Å²) in [4.78, 5) is 0. The van der Waals surface area contributed by atoms with Crippen molar-refractivity contribution in [2.24, 2.45) is 0 Å². The van der Waals surface area contributed by atoms with E-state index in [9.17, 15) is 5.11 Å². The smallest absolute Gasteiger partial charge is 0.126 e. The van der Waals surface area contributed by atoms with Crippen molar-refractivity contribution in [2.45, 2.75) is 19.6 Å². The third-order valence-corrected chi connectivity index (χ3v) is 3.84. The van der Waals surface area contributed by atoms with Gasteiger partial charge in [0.25, 0.3) is 0 Å². The van der Waals surface area contributed by atoms with Crippen molar-refractivity contribution in [2.75, 3.05) is 0 Å². The van der Waals surface area contributed by atoms with E-state index in [1.54, 1.807) is 31.2 Å². The third kappa shape index (κ3) is 3.98. The molecule has 0 radical (unpaired) electrons. The van der Waals surface area contributed by atoms with Crippen molar-refractivity contribution >= 4 is 27.5 Å². The van der Waals surface area contributed by atoms with Crippen LogP contribution in [0.15, 0.2) is 40.9 Å². The summed E-state index contributed by atoms with van der Waals surface area (Å²) >= 11 is 9.50. The Morgan fingerprint density at radius 2 is 2.10 bits per heavy atom. The molecular weight excluding hydrogens is 354 g/mol. The molecule has 0 aliphatic heterocycles. The topological polar surface area (TPSA) is 53.2 Å². The van der Waals surface area contributed by atoms with Gasteiger partial charge in [-0.25, -0.2) is 0 Å². The molecule has 2 rings (SSSR count). The van der Waals surface area contributed by atoms with E-state index in [0.717, 1.165) is 10.0 Å². The first-order valence-electron chi connectivity index (χ1n) is 6.30. The fourth-order valence-corrected chi connectivity index (χ4v) is 2.44. The molecule has 2 aromatic carbocycles. The molecule has 0 spiro atoms. The van der Waals surface area contributed by atoms with Crippen LogP contribution in [0.3, 0.4) is 0 Å². The maximum absolute atomic E-state index is 9.76. The summed E-state index contributed by atoms with van der Waals surface area (Å²) in [5, 5.41) is 19.1. The highest BCUT2D eigenvalue weighted by atomic mass is 79.9. The number of hydrogen-bond donors (Lipinski definition) is 1. The molecule has 0 aliphatic carbocycles. The largest absolute Gasteiger partial charge is 0.488 e. The van der Waals surface area contributed by atoms with Crippen LogP contribution in [0.2, 0.25) is 5.02 Å². The molecule has 0 aliphatic rings. The Bertz CT molecular complexity index is 695. The average Bonchev–Trinajstić information content (AvgIpc) is 2.45. The lowest BCUT2D eigenvalue weighted by Crippen LogP contribution is -2.01. The van der Waals surface area contributed by atoms with Gasteiger partial charge in [-0.3, -0.25) is 0 Å². The average molecular weight is 367 g/mol. The quantitative estimate of drug-likeness (QED) is 0.860. The fraction of sp³-hybridized carbons (Fsp3) is 0.188. The van der Waals surface area contributed by atoms with Crippen LogP contribution in [0.4, 0.5) is 0 Å². The van der Waals surface area contributed by atoms with Crippen LogP contribution < -0.4 is 4.74 Å². The van der Waals surface area contributed by atoms with E-state index < -0.39 is 6.10 Å². The van der Waals surface area contributed by atoms with Crippen molar-refractivity contribution in [1.29, 1.82) is 5.26 Å². The van der Waals surface area contributed by atoms with Gasteiger partial charge in [-0.15, -0.1) is 0 Å². The number of benzene rings is 2. The summed E-state index contributed by atoms with van der Waals surface area (Å²) in [6.07, 6.45) is -0.621. The van der Waals surface area contributed by atoms with Crippen molar-refractivity contribution < 1.29 is 9.84 Å². The maximum atomic E-state index is 9.76. The molecule has 1 atom stereocenters. The van der Waals surface area contributed by atoms with E-state index in [-0.39, 0.29) is 6.61 Å². The highest BCUT2D eigenvalue weighted by molar-refractivity contribution is 9.10. The molecule has 1 N–H and O–H groups in total. The van der Waals surface area contributed by atoms with Crippen LogP contribution in [0.1, 0.15) is 29.7 Å². The van der Waals surface area contributed by atoms with Gasteiger partial charge >= 0.3 is 0 Å². The Labute approximate surface area is 136 Å². The minimum Gasteiger partial charge on any atom is -0.488 e. The van der Waals surface area contributed by atoms with Crippen molar-refractivity contribution in [1.82, 2.24) is 0 Å². The minimum absolute atomic E-state index is 0.265. The van der Waals surface area contributed by atoms with Gasteiger partial charge in [-0.05, 0) is 31.2 Å². The standard InChI is InChI=1S/C16H13BrClNO2/c1-10(20)14-5-4-13(17)7-16(14)21-9-12-3-2-11(8-19)6-15(12)18/h2-7,10,20H,9H2,1H3. The molecule has 0 aromatic heterocycles. The molecule has 0 saturated carbocycles. The van der Waals surface area contributed by atoms with Crippen LogP contribution in [-0.4, -0.2) is 5.11 Å². The Kier molecular flexibility index (Phi) is 5.24. The van der Waals surface area contributed by atoms with E-state index in [1.165, 1.54) is 0 Å². The SMILES string of the molecule is CC(O)c1ccc(Br)cc1OCc1ccc(C#N)cc1Cl. The van der Waals surface area contributed by atoms with Gasteiger partial charge in [0.05, 0.1) is 17.7 Å². The molecule has 0 fully saturated rings. The van der Waals surface area contributed by atoms with E-state index in [2.05, 4.69) is 15.9 Å². The number of aliphatic hydroxyl groups is 1. The number of ether oxygens (including phenoxy) is 1. The Hall–Kier alpha value is -1.54. The summed E-state index contributed by atoms with van der Waals surface area (Å²) in [5.74, 6) is 0.597. The molecule has 0 amide bonds. The second-order valence-corrected chi connectivity index (χ2v) is 5.89. The maximum Gasteiger partial charge on any atom is 0.126 e. The zero-order valence-electron chi connectivity index (χ0n) is 11.3. The van der Waals surface area contributed by atoms with Gasteiger partial charge in [-0.2, -0.15) is 5.26 Å². The van der Waals surface area contributed by atoms with Crippen LogP contribution in [0.25, 0.3) is 0 Å². The predicted molar refractivity (Wildman–Crippen MR) is 85.3 cm³/mol. The van der Waals surface area contributed by atoms with Gasteiger partial charge in [0.2, 0.25) is 0 Å². The Balaban J connectivity index is 2.20. The molecule has 0 saturated heterocycles. The number of nitriles is 1. The second-order valence-electron chi connectivity index (χ2n) is 4.56. The third-order valence-electron chi connectivity index (χ3n) is 2.99. The monoisotopic (exact) mass is 365 g/mol. The Morgan fingerprint density at radius 3 is 2.71 bits per heavy atom. The predicted octanol–water partition coefficient (Wildman–Crippen LogP) is 4.61. The van der Waals surface area contributed by atoms with E-state index >= 15 is 0 Å². The van der Waals surface area contributed by atoms with Crippen molar-refractivity contribution in [3.8, 4) is 11.8 Å². The molecule has 3 nitrogen and oxygen atoms in total. The summed E-state index contributed by atoms with van der Waals surface area (Å²) in [6, 6.07) is 12.6. The lowest BCUT2D eigenvalue weighted by Gasteiger charge is -2.14. The number of halogens is 2. The normalized spacial score (nSPS) is 11.8. The minimum atomic E-state index is -0.621. The molecule has 0 bridgehead atoms. The second kappa shape index (κ2) is 6.95. The molecular formula is C16H13BrClNO2. The number of rotatable bonds is 4. The number of nitrogens with zero attached hydrogens (tertiary/aromatic N) is 1. The summed E-state index contributed by atoms with van der Waals surface area (Å²) in [6.45, 7) is 1.95. The number of hydrogen-bond acceptors (Lipinski definition) is 3. The van der Waals surface area contributed by atoms with Gasteiger partial charge in [-0.1, -0.05) is 39.7 Å². The first kappa shape index (κ1) is 15.8. The molecule has 21 heavy (non-hydrogen) atoms. The zero-order chi connectivity index (χ0) is 15.4. The van der Waals surface area contributed by atoms with Gasteiger partial charge in [0.15, 0.2) is 0 Å². The van der Waals surface area contributed by atoms with Gasteiger partial charge < -0.3 is 9.84 Å². The highest BCUT2D eigenvalue weighted by Crippen LogP contribution is 2.30. The molecule has 0 heterocycles. The molecule has 1 unspecified atom stereocenters. The lowest BCUT2D eigenvalue weighted by molar-refractivity contribution is 0.190. The first-order valence-corrected chi connectivity index (χ1v) is 7.47. The van der Waals surface area contributed by atoms with Gasteiger partial charge in [0, 0.05) is 20.6 Å². The fourth-order valence-electron chi connectivity index (χ4n) is 1.87. The van der Waals surface area contributed by atoms with Gasteiger partial charge in [0.1, 0.15) is 12.4 Å². The van der Waals surface area contributed by atoms with E-state index in [1.807, 2.05) is 18.2 Å².